The van der Waals surface area contributed by atoms with Crippen LogP contribution in [0, 0.1) is 5.92 Å². The number of nitrogens with one attached hydrogen (secondary N) is 1. The van der Waals surface area contributed by atoms with Gasteiger partial charge in [-0.2, -0.15) is 0 Å². The van der Waals surface area contributed by atoms with Gasteiger partial charge in [-0.1, -0.05) is 0 Å². The third-order valence-electron chi connectivity index (χ3n) is 4.30. The van der Waals surface area contributed by atoms with Crippen LogP contribution in [0.1, 0.15) is 12.8 Å². The first-order chi connectivity index (χ1) is 9.50. The predicted molar refractivity (Wildman–Crippen MR) is 72.6 cm³/mol. The van der Waals surface area contributed by atoms with Crippen molar-refractivity contribution < 1.29 is 4.74 Å². The molecule has 2 fully saturated rings. The van der Waals surface area contributed by atoms with E-state index in [-0.39, 0.29) is 24.0 Å². The van der Waals surface area contributed by atoms with E-state index in [0.717, 1.165) is 28.7 Å². The van der Waals surface area contributed by atoms with Crippen molar-refractivity contribution in [1.29, 1.82) is 0 Å². The molecule has 0 amide bonds. The van der Waals surface area contributed by atoms with E-state index in [0.29, 0.717) is 5.92 Å². The number of aromatic nitrogens is 3. The third kappa shape index (κ3) is 1.87. The van der Waals surface area contributed by atoms with Crippen LogP contribution in [0.3, 0.4) is 0 Å². The fourth-order valence-corrected chi connectivity index (χ4v) is 3.07. The van der Waals surface area contributed by atoms with E-state index in [2.05, 4.69) is 10.4 Å². The summed E-state index contributed by atoms with van der Waals surface area (Å²) in [6, 6.07) is -0.179. The maximum absolute atomic E-state index is 12.0. The van der Waals surface area contributed by atoms with Crippen LogP contribution in [0.15, 0.2) is 9.59 Å². The Kier molecular flexibility index (Phi) is 3.14. The van der Waals surface area contributed by atoms with Crippen LogP contribution in [0.25, 0.3) is 0 Å². The molecule has 2 heterocycles. The summed E-state index contributed by atoms with van der Waals surface area (Å²) in [5.41, 5.74) is 5.24. The molecule has 0 radical (unpaired) electrons. The molecule has 3 N–H and O–H groups in total. The molecule has 8 heteroatoms. The summed E-state index contributed by atoms with van der Waals surface area (Å²) in [7, 11) is 2.94. The van der Waals surface area contributed by atoms with Crippen LogP contribution < -0.4 is 22.3 Å². The maximum atomic E-state index is 12.0. The Labute approximate surface area is 115 Å². The van der Waals surface area contributed by atoms with Gasteiger partial charge in [0.25, 0.3) is 5.56 Å². The smallest absolute Gasteiger partial charge is 0.346 e. The van der Waals surface area contributed by atoms with Crippen molar-refractivity contribution in [2.24, 2.45) is 25.7 Å². The van der Waals surface area contributed by atoms with E-state index in [4.69, 9.17) is 10.5 Å². The number of aryl methyl sites for hydroxylation is 1. The first-order valence-electron chi connectivity index (χ1n) is 6.79. The second-order valence-corrected chi connectivity index (χ2v) is 5.51. The average Bonchev–Trinajstić information content (AvgIpc) is 2.46. The monoisotopic (exact) mass is 281 g/mol. The highest BCUT2D eigenvalue weighted by Gasteiger charge is 2.50. The Balaban J connectivity index is 1.86. The van der Waals surface area contributed by atoms with Gasteiger partial charge in [-0.3, -0.25) is 9.36 Å². The lowest BCUT2D eigenvalue weighted by molar-refractivity contribution is -0.104. The number of fused-ring (bicyclic) bond motifs is 1. The summed E-state index contributed by atoms with van der Waals surface area (Å²) in [6.45, 7) is 0.727. The molecule has 110 valence electrons. The highest BCUT2D eigenvalue weighted by atomic mass is 16.5. The van der Waals surface area contributed by atoms with Gasteiger partial charge in [0.2, 0.25) is 5.82 Å². The maximum Gasteiger partial charge on any atom is 0.346 e. The fraction of sp³-hybridized carbons (Fsp3) is 0.750. The van der Waals surface area contributed by atoms with Crippen molar-refractivity contribution in [1.82, 2.24) is 14.3 Å². The zero-order chi connectivity index (χ0) is 14.4. The lowest BCUT2D eigenvalue weighted by Crippen LogP contribution is -2.69. The summed E-state index contributed by atoms with van der Waals surface area (Å²) in [5.74, 6) is 0.486. The van der Waals surface area contributed by atoms with Gasteiger partial charge in [0.05, 0.1) is 12.1 Å². The molecule has 0 bridgehead atoms. The second kappa shape index (κ2) is 4.71. The number of hydrogen-bond donors (Lipinski definition) is 2. The topological polar surface area (TPSA) is 104 Å². The van der Waals surface area contributed by atoms with E-state index in [1.807, 2.05) is 0 Å². The van der Waals surface area contributed by atoms with Crippen molar-refractivity contribution in [3.8, 4) is 0 Å². The van der Waals surface area contributed by atoms with Crippen LogP contribution in [0.2, 0.25) is 0 Å². The number of anilines is 1. The molecule has 0 spiro atoms. The summed E-state index contributed by atoms with van der Waals surface area (Å²) < 4.78 is 7.87. The Morgan fingerprint density at radius 3 is 2.90 bits per heavy atom. The first-order valence-corrected chi connectivity index (χ1v) is 6.79. The molecule has 1 aromatic heterocycles. The number of ether oxygens (including phenoxy) is 1. The summed E-state index contributed by atoms with van der Waals surface area (Å²) in [6.07, 6.45) is 2.12. The van der Waals surface area contributed by atoms with Crippen LogP contribution >= 0.6 is 0 Å². The van der Waals surface area contributed by atoms with Gasteiger partial charge in [0, 0.05) is 32.7 Å². The molecule has 20 heavy (non-hydrogen) atoms. The van der Waals surface area contributed by atoms with E-state index in [1.54, 1.807) is 0 Å². The van der Waals surface area contributed by atoms with Crippen molar-refractivity contribution in [2.45, 2.75) is 31.0 Å². The quantitative estimate of drug-likeness (QED) is 0.676. The minimum Gasteiger partial charge on any atom is -0.376 e. The molecule has 1 aromatic rings. The lowest BCUT2D eigenvalue weighted by Gasteiger charge is -2.52. The molecule has 4 atom stereocenters. The van der Waals surface area contributed by atoms with E-state index in [9.17, 15) is 9.59 Å². The summed E-state index contributed by atoms with van der Waals surface area (Å²) >= 11 is 0. The molecule has 2 aliphatic rings. The molecule has 8 nitrogen and oxygen atoms in total. The van der Waals surface area contributed by atoms with Gasteiger partial charge in [-0.15, -0.1) is 5.10 Å². The Morgan fingerprint density at radius 1 is 1.40 bits per heavy atom. The lowest BCUT2D eigenvalue weighted by atomic mass is 9.69. The van der Waals surface area contributed by atoms with Crippen LogP contribution in [0.5, 0.6) is 0 Å². The largest absolute Gasteiger partial charge is 0.376 e. The highest BCUT2D eigenvalue weighted by molar-refractivity contribution is 5.35. The second-order valence-electron chi connectivity index (χ2n) is 5.51. The molecule has 4 unspecified atom stereocenters. The summed E-state index contributed by atoms with van der Waals surface area (Å²) in [4.78, 5) is 23.6. The molecular formula is C12H19N5O3. The van der Waals surface area contributed by atoms with Gasteiger partial charge < -0.3 is 15.8 Å². The molecule has 0 aromatic carbocycles. The fourth-order valence-electron chi connectivity index (χ4n) is 3.07. The average molecular weight is 281 g/mol. The number of hydrogen-bond acceptors (Lipinski definition) is 6. The Hall–Kier alpha value is -1.67. The zero-order valence-electron chi connectivity index (χ0n) is 11.6. The van der Waals surface area contributed by atoms with Crippen LogP contribution in [-0.2, 0) is 18.8 Å². The SMILES string of the molecule is Cn1nc(NC2C(N)C3CCCOC32)c(=O)n(C)c1=O. The standard InChI is InChI=1S/C12H19N5O3/c1-16-11(18)10(15-17(2)12(16)19)14-8-7(13)6-4-3-5-20-9(6)8/h6-9H,3-5,13H2,1-2H3,(H,14,15). The number of rotatable bonds is 2. The van der Waals surface area contributed by atoms with Crippen molar-refractivity contribution in [3.05, 3.63) is 20.8 Å². The number of nitrogens with two attached hydrogens (primary N) is 1. The van der Waals surface area contributed by atoms with Crippen molar-refractivity contribution >= 4 is 5.82 Å². The first kappa shape index (κ1) is 13.3. The molecular weight excluding hydrogens is 262 g/mol. The molecule has 1 saturated heterocycles. The van der Waals surface area contributed by atoms with Crippen LogP contribution in [-0.4, -0.2) is 39.1 Å². The highest BCUT2D eigenvalue weighted by Crippen LogP contribution is 2.37. The molecule has 1 aliphatic carbocycles. The van der Waals surface area contributed by atoms with Crippen molar-refractivity contribution in [3.63, 3.8) is 0 Å². The van der Waals surface area contributed by atoms with Gasteiger partial charge in [0.1, 0.15) is 0 Å². The minimum absolute atomic E-state index is 0.0301. The van der Waals surface area contributed by atoms with Crippen molar-refractivity contribution in [2.75, 3.05) is 11.9 Å². The van der Waals surface area contributed by atoms with Crippen LogP contribution in [0.4, 0.5) is 5.82 Å². The molecule has 3 rings (SSSR count). The minimum atomic E-state index is -0.453. The molecule has 1 aliphatic heterocycles. The third-order valence-corrected chi connectivity index (χ3v) is 4.30. The van der Waals surface area contributed by atoms with Gasteiger partial charge in [-0.05, 0) is 12.8 Å². The number of nitrogens with zero attached hydrogens (tertiary/aromatic N) is 3. The van der Waals surface area contributed by atoms with Gasteiger partial charge in [-0.25, -0.2) is 9.48 Å². The molecule has 1 saturated carbocycles. The van der Waals surface area contributed by atoms with Gasteiger partial charge >= 0.3 is 5.69 Å². The van der Waals surface area contributed by atoms with Gasteiger partial charge in [0.15, 0.2) is 0 Å². The van der Waals surface area contributed by atoms with E-state index >= 15 is 0 Å². The Bertz CT molecular complexity index is 637. The normalized spacial score (nSPS) is 32.4. The predicted octanol–water partition coefficient (Wildman–Crippen LogP) is -1.60. The zero-order valence-corrected chi connectivity index (χ0v) is 11.6. The van der Waals surface area contributed by atoms with E-state index in [1.165, 1.54) is 14.1 Å². The summed E-state index contributed by atoms with van der Waals surface area (Å²) in [5, 5.41) is 7.03. The van der Waals surface area contributed by atoms with E-state index < -0.39 is 11.2 Å². The Morgan fingerprint density at radius 2 is 2.15 bits per heavy atom.